The summed E-state index contributed by atoms with van der Waals surface area (Å²) in [7, 11) is 0. The van der Waals surface area contributed by atoms with Gasteiger partial charge >= 0.3 is 0 Å². The first-order chi connectivity index (χ1) is 9.16. The average Bonchev–Trinajstić information content (AvgIpc) is 2.88. The van der Waals surface area contributed by atoms with Crippen LogP contribution in [0, 0.1) is 5.82 Å². The maximum Gasteiger partial charge on any atom is 0.145 e. The molecule has 4 heteroatoms. The van der Waals surface area contributed by atoms with Crippen LogP contribution in [0.5, 0.6) is 0 Å². The number of benzene rings is 1. The summed E-state index contributed by atoms with van der Waals surface area (Å²) in [5, 5.41) is 2.10. The number of halogens is 2. The number of hydrogen-bond acceptors (Lipinski definition) is 2. The minimum absolute atomic E-state index is 0.0534. The molecule has 100 valence electrons. The second kappa shape index (κ2) is 6.83. The fraction of sp³-hybridized carbons (Fsp3) is 0.267. The molecule has 0 saturated carbocycles. The molecule has 1 heterocycles. The summed E-state index contributed by atoms with van der Waals surface area (Å²) < 4.78 is 13.6. The van der Waals surface area contributed by atoms with E-state index in [4.69, 9.17) is 11.6 Å². The molecular weight excluding hydrogens is 283 g/mol. The van der Waals surface area contributed by atoms with Gasteiger partial charge in [0.1, 0.15) is 11.6 Å². The van der Waals surface area contributed by atoms with Gasteiger partial charge in [-0.1, -0.05) is 29.8 Å². The van der Waals surface area contributed by atoms with Crippen LogP contribution in [-0.2, 0) is 17.6 Å². The van der Waals surface area contributed by atoms with Gasteiger partial charge in [-0.2, -0.15) is 0 Å². The topological polar surface area (TPSA) is 17.1 Å². The molecule has 0 aliphatic rings. The van der Waals surface area contributed by atoms with Crippen molar-refractivity contribution in [2.75, 3.05) is 0 Å². The van der Waals surface area contributed by atoms with Crippen LogP contribution in [0.15, 0.2) is 35.7 Å². The van der Waals surface area contributed by atoms with Crippen LogP contribution in [0.25, 0.3) is 0 Å². The van der Waals surface area contributed by atoms with E-state index in [1.54, 1.807) is 23.5 Å². The smallest absolute Gasteiger partial charge is 0.145 e. The van der Waals surface area contributed by atoms with E-state index in [0.717, 1.165) is 12.8 Å². The summed E-state index contributed by atoms with van der Waals surface area (Å²) in [5.74, 6) is -0.423. The first-order valence-electron chi connectivity index (χ1n) is 6.14. The number of thiophene rings is 1. The predicted molar refractivity (Wildman–Crippen MR) is 77.4 cm³/mol. The van der Waals surface area contributed by atoms with Gasteiger partial charge in [-0.05, 0) is 35.9 Å². The van der Waals surface area contributed by atoms with E-state index in [1.165, 1.54) is 10.9 Å². The molecule has 1 nitrogen and oxygen atoms in total. The Kier molecular flexibility index (Phi) is 5.11. The Labute approximate surface area is 121 Å². The first-order valence-corrected chi connectivity index (χ1v) is 7.39. The molecule has 2 aromatic rings. The highest BCUT2D eigenvalue weighted by Gasteiger charge is 2.10. The van der Waals surface area contributed by atoms with Gasteiger partial charge in [0.25, 0.3) is 0 Å². The minimum Gasteiger partial charge on any atom is -0.299 e. The molecule has 0 fully saturated rings. The zero-order valence-electron chi connectivity index (χ0n) is 10.4. The molecule has 1 aromatic heterocycles. The highest BCUT2D eigenvalue weighted by Crippen LogP contribution is 2.19. The predicted octanol–water partition coefficient (Wildman–Crippen LogP) is 4.68. The van der Waals surface area contributed by atoms with Crippen LogP contribution in [0.2, 0.25) is 5.02 Å². The third kappa shape index (κ3) is 4.15. The molecule has 0 unspecified atom stereocenters. The Morgan fingerprint density at radius 3 is 2.84 bits per heavy atom. The van der Waals surface area contributed by atoms with Crippen molar-refractivity contribution >= 4 is 28.7 Å². The highest BCUT2D eigenvalue weighted by molar-refractivity contribution is 7.09. The molecule has 19 heavy (non-hydrogen) atoms. The Morgan fingerprint density at radius 1 is 1.26 bits per heavy atom. The van der Waals surface area contributed by atoms with E-state index in [2.05, 4.69) is 6.07 Å². The number of Topliss-reactive ketones (excluding diaryl/α,β-unsaturated/α-hetero) is 1. The SMILES string of the molecule is O=C(CCCc1cccs1)Cc1cccc(Cl)c1F. The maximum atomic E-state index is 13.6. The lowest BCUT2D eigenvalue weighted by Gasteiger charge is -2.04. The van der Waals surface area contributed by atoms with Crippen LogP contribution in [0.1, 0.15) is 23.3 Å². The van der Waals surface area contributed by atoms with Gasteiger partial charge in [-0.15, -0.1) is 11.3 Å². The molecule has 0 saturated heterocycles. The number of aryl methyl sites for hydroxylation is 1. The molecule has 0 N–H and O–H groups in total. The van der Waals surface area contributed by atoms with Crippen LogP contribution in [-0.4, -0.2) is 5.78 Å². The molecule has 0 radical (unpaired) electrons. The largest absolute Gasteiger partial charge is 0.299 e. The van der Waals surface area contributed by atoms with Gasteiger partial charge in [0.15, 0.2) is 0 Å². The Morgan fingerprint density at radius 2 is 2.11 bits per heavy atom. The van der Waals surface area contributed by atoms with E-state index in [-0.39, 0.29) is 17.2 Å². The lowest BCUT2D eigenvalue weighted by atomic mass is 10.0. The third-order valence-corrected chi connectivity index (χ3v) is 4.11. The van der Waals surface area contributed by atoms with Crippen molar-refractivity contribution in [3.05, 3.63) is 57.0 Å². The fourth-order valence-corrected chi connectivity index (χ4v) is 2.85. The summed E-state index contributed by atoms with van der Waals surface area (Å²) >= 11 is 7.38. The molecule has 1 aromatic carbocycles. The molecule has 0 amide bonds. The molecule has 0 aliphatic carbocycles. The summed E-state index contributed by atoms with van der Waals surface area (Å²) in [4.78, 5) is 13.1. The van der Waals surface area contributed by atoms with Gasteiger partial charge in [0.2, 0.25) is 0 Å². The van der Waals surface area contributed by atoms with Gasteiger partial charge in [-0.3, -0.25) is 4.79 Å². The number of hydrogen-bond donors (Lipinski definition) is 0. The van der Waals surface area contributed by atoms with Crippen molar-refractivity contribution < 1.29 is 9.18 Å². The number of carbonyl (C=O) groups excluding carboxylic acids is 1. The van der Waals surface area contributed by atoms with E-state index in [0.29, 0.717) is 12.0 Å². The van der Waals surface area contributed by atoms with Gasteiger partial charge in [0.05, 0.1) is 5.02 Å². The fourth-order valence-electron chi connectivity index (χ4n) is 1.90. The molecule has 0 atom stereocenters. The number of carbonyl (C=O) groups is 1. The Hall–Kier alpha value is -1.19. The molecular formula is C15H14ClFOS. The van der Waals surface area contributed by atoms with Gasteiger partial charge in [-0.25, -0.2) is 4.39 Å². The summed E-state index contributed by atoms with van der Waals surface area (Å²) in [6, 6.07) is 8.83. The third-order valence-electron chi connectivity index (χ3n) is 2.88. The normalized spacial score (nSPS) is 10.6. The van der Waals surface area contributed by atoms with Crippen molar-refractivity contribution in [1.82, 2.24) is 0 Å². The zero-order valence-corrected chi connectivity index (χ0v) is 11.9. The quantitative estimate of drug-likeness (QED) is 0.757. The highest BCUT2D eigenvalue weighted by atomic mass is 35.5. The second-order valence-electron chi connectivity index (χ2n) is 4.36. The first kappa shape index (κ1) is 14.2. The van der Waals surface area contributed by atoms with E-state index >= 15 is 0 Å². The minimum atomic E-state index is -0.476. The Bertz CT molecular complexity index is 551. The van der Waals surface area contributed by atoms with Crippen LogP contribution in [0.3, 0.4) is 0 Å². The Balaban J connectivity index is 1.82. The zero-order chi connectivity index (χ0) is 13.7. The van der Waals surface area contributed by atoms with Gasteiger partial charge < -0.3 is 0 Å². The summed E-state index contributed by atoms with van der Waals surface area (Å²) in [6.07, 6.45) is 2.31. The van der Waals surface area contributed by atoms with Crippen LogP contribution < -0.4 is 0 Å². The lowest BCUT2D eigenvalue weighted by molar-refractivity contribution is -0.118. The van der Waals surface area contributed by atoms with Crippen molar-refractivity contribution in [2.45, 2.75) is 25.7 Å². The number of ketones is 1. The monoisotopic (exact) mass is 296 g/mol. The molecule has 0 aliphatic heterocycles. The van der Waals surface area contributed by atoms with E-state index < -0.39 is 5.82 Å². The van der Waals surface area contributed by atoms with Crippen molar-refractivity contribution in [3.8, 4) is 0 Å². The van der Waals surface area contributed by atoms with Crippen LogP contribution in [0.4, 0.5) is 4.39 Å². The molecule has 0 spiro atoms. The van der Waals surface area contributed by atoms with Gasteiger partial charge in [0, 0.05) is 17.7 Å². The lowest BCUT2D eigenvalue weighted by Crippen LogP contribution is -2.05. The van der Waals surface area contributed by atoms with E-state index in [9.17, 15) is 9.18 Å². The maximum absolute atomic E-state index is 13.6. The summed E-state index contributed by atoms with van der Waals surface area (Å²) in [5.41, 5.74) is 0.383. The van der Waals surface area contributed by atoms with Crippen LogP contribution >= 0.6 is 22.9 Å². The second-order valence-corrected chi connectivity index (χ2v) is 5.80. The van der Waals surface area contributed by atoms with E-state index in [1.807, 2.05) is 11.4 Å². The van der Waals surface area contributed by atoms with Crippen molar-refractivity contribution in [2.24, 2.45) is 0 Å². The standard InChI is InChI=1S/C15H14ClFOS/c16-14-8-1-4-11(15(14)17)10-12(18)5-2-6-13-7-3-9-19-13/h1,3-4,7-9H,2,5-6,10H2. The van der Waals surface area contributed by atoms with Crippen molar-refractivity contribution in [3.63, 3.8) is 0 Å². The average molecular weight is 297 g/mol. The number of rotatable bonds is 6. The molecule has 0 bridgehead atoms. The van der Waals surface area contributed by atoms with Crippen molar-refractivity contribution in [1.29, 1.82) is 0 Å². The summed E-state index contributed by atoms with van der Waals surface area (Å²) in [6.45, 7) is 0. The molecule has 2 rings (SSSR count).